The quantitative estimate of drug-likeness (QED) is 0.751. The number of hydrogen-bond acceptors (Lipinski definition) is 4. The van der Waals surface area contributed by atoms with Crippen LogP contribution in [0.1, 0.15) is 5.56 Å². The van der Waals surface area contributed by atoms with Crippen LogP contribution in [0, 0.1) is 0 Å². The van der Waals surface area contributed by atoms with Crippen molar-refractivity contribution in [3.8, 4) is 17.2 Å². The second-order valence-electron chi connectivity index (χ2n) is 5.08. The number of nitrogens with one attached hydrogen (secondary N) is 2. The molecule has 2 aromatic carbocycles. The summed E-state index contributed by atoms with van der Waals surface area (Å²) in [5, 5.41) is 6.88. The van der Waals surface area contributed by atoms with Crippen molar-refractivity contribution in [2.45, 2.75) is 6.42 Å². The molecule has 0 unspecified atom stereocenters. The van der Waals surface area contributed by atoms with Gasteiger partial charge < -0.3 is 24.8 Å². The maximum atomic E-state index is 5.33. The monoisotopic (exact) mass is 346 g/mol. The van der Waals surface area contributed by atoms with Crippen LogP contribution in [0.3, 0.4) is 0 Å². The van der Waals surface area contributed by atoms with E-state index in [1.807, 2.05) is 42.5 Å². The fraction of sp³-hybridized carbons (Fsp3) is 0.278. The van der Waals surface area contributed by atoms with Gasteiger partial charge in [-0.1, -0.05) is 12.1 Å². The number of hydrogen-bond donors (Lipinski definition) is 2. The molecule has 0 saturated carbocycles. The lowest BCUT2D eigenvalue weighted by molar-refractivity contribution is 0.395. The van der Waals surface area contributed by atoms with E-state index in [9.17, 15) is 0 Å². The third-order valence-electron chi connectivity index (χ3n) is 3.47. The molecule has 0 spiro atoms. The van der Waals surface area contributed by atoms with E-state index in [1.54, 1.807) is 21.3 Å². The van der Waals surface area contributed by atoms with Crippen LogP contribution in [0.2, 0.25) is 0 Å². The Balaban J connectivity index is 1.84. The molecule has 0 aliphatic rings. The van der Waals surface area contributed by atoms with Crippen LogP contribution < -0.4 is 24.8 Å². The molecule has 24 heavy (non-hydrogen) atoms. The second-order valence-corrected chi connectivity index (χ2v) is 5.49. The summed E-state index contributed by atoms with van der Waals surface area (Å²) in [4.78, 5) is 0. The molecule has 0 atom stereocenters. The predicted octanol–water partition coefficient (Wildman–Crippen LogP) is 3.24. The normalized spacial score (nSPS) is 9.96. The smallest absolute Gasteiger partial charge is 0.170 e. The molecule has 5 nitrogen and oxygen atoms in total. The van der Waals surface area contributed by atoms with Gasteiger partial charge in [0.05, 0.1) is 21.3 Å². The summed E-state index contributed by atoms with van der Waals surface area (Å²) in [6.07, 6.45) is 0.868. The minimum atomic E-state index is 0.554. The van der Waals surface area contributed by atoms with Crippen LogP contribution in [0.25, 0.3) is 0 Å². The maximum Gasteiger partial charge on any atom is 0.170 e. The lowest BCUT2D eigenvalue weighted by Crippen LogP contribution is -2.30. The molecule has 0 fully saturated rings. The van der Waals surface area contributed by atoms with E-state index in [0.29, 0.717) is 16.6 Å². The van der Waals surface area contributed by atoms with Crippen LogP contribution in [-0.2, 0) is 6.42 Å². The zero-order valence-electron chi connectivity index (χ0n) is 14.1. The SMILES string of the molecule is COc1ccc(CCNC(=S)Nc2cc(OC)cc(OC)c2)cc1. The summed E-state index contributed by atoms with van der Waals surface area (Å²) in [5.41, 5.74) is 2.03. The summed E-state index contributed by atoms with van der Waals surface area (Å²) in [7, 11) is 4.89. The van der Waals surface area contributed by atoms with E-state index in [-0.39, 0.29) is 0 Å². The molecule has 6 heteroatoms. The van der Waals surface area contributed by atoms with Crippen LogP contribution >= 0.6 is 12.2 Å². The first-order chi connectivity index (χ1) is 11.6. The molecule has 0 heterocycles. The first-order valence-electron chi connectivity index (χ1n) is 7.55. The van der Waals surface area contributed by atoms with Crippen molar-refractivity contribution in [3.05, 3.63) is 48.0 Å². The number of ether oxygens (including phenoxy) is 3. The molecule has 0 amide bonds. The van der Waals surface area contributed by atoms with Gasteiger partial charge in [0.15, 0.2) is 5.11 Å². The zero-order valence-corrected chi connectivity index (χ0v) is 14.9. The second kappa shape index (κ2) is 8.98. The largest absolute Gasteiger partial charge is 0.497 e. The highest BCUT2D eigenvalue weighted by Gasteiger charge is 2.04. The molecule has 2 rings (SSSR count). The molecule has 0 bridgehead atoms. The topological polar surface area (TPSA) is 51.8 Å². The van der Waals surface area contributed by atoms with E-state index in [2.05, 4.69) is 10.6 Å². The average Bonchev–Trinajstić information content (AvgIpc) is 2.61. The third-order valence-corrected chi connectivity index (χ3v) is 3.71. The number of rotatable bonds is 7. The van der Waals surface area contributed by atoms with Gasteiger partial charge in [0.2, 0.25) is 0 Å². The number of methoxy groups -OCH3 is 3. The van der Waals surface area contributed by atoms with Crippen LogP contribution in [0.4, 0.5) is 5.69 Å². The van der Waals surface area contributed by atoms with Crippen LogP contribution in [0.15, 0.2) is 42.5 Å². The summed E-state index contributed by atoms with van der Waals surface area (Å²) in [5.74, 6) is 2.27. The molecular weight excluding hydrogens is 324 g/mol. The van der Waals surface area contributed by atoms with E-state index >= 15 is 0 Å². The van der Waals surface area contributed by atoms with Crippen molar-refractivity contribution in [1.29, 1.82) is 0 Å². The Kier molecular flexibility index (Phi) is 6.69. The van der Waals surface area contributed by atoms with Crippen molar-refractivity contribution >= 4 is 23.0 Å². The lowest BCUT2D eigenvalue weighted by Gasteiger charge is -2.13. The van der Waals surface area contributed by atoms with Crippen LogP contribution in [-0.4, -0.2) is 33.0 Å². The first-order valence-corrected chi connectivity index (χ1v) is 7.96. The highest BCUT2D eigenvalue weighted by molar-refractivity contribution is 7.80. The van der Waals surface area contributed by atoms with Crippen molar-refractivity contribution < 1.29 is 14.2 Å². The lowest BCUT2D eigenvalue weighted by atomic mass is 10.1. The van der Waals surface area contributed by atoms with Crippen molar-refractivity contribution in [1.82, 2.24) is 5.32 Å². The Labute approximate surface area is 147 Å². The predicted molar refractivity (Wildman–Crippen MR) is 100 cm³/mol. The zero-order chi connectivity index (χ0) is 17.4. The van der Waals surface area contributed by atoms with Crippen molar-refractivity contribution in [3.63, 3.8) is 0 Å². The van der Waals surface area contributed by atoms with Crippen molar-refractivity contribution in [2.75, 3.05) is 33.2 Å². The van der Waals surface area contributed by atoms with E-state index in [0.717, 1.165) is 24.4 Å². The standard InChI is InChI=1S/C18H22N2O3S/c1-21-15-6-4-13(5-7-15)8-9-19-18(24)20-14-10-16(22-2)12-17(11-14)23-3/h4-7,10-12H,8-9H2,1-3H3,(H2,19,20,24). The molecular formula is C18H22N2O3S. The molecule has 0 aromatic heterocycles. The van der Waals surface area contributed by atoms with Gasteiger partial charge >= 0.3 is 0 Å². The number of anilines is 1. The highest BCUT2D eigenvalue weighted by atomic mass is 32.1. The molecule has 2 aromatic rings. The Bertz CT molecular complexity index is 652. The van der Waals surface area contributed by atoms with Gasteiger partial charge in [0.1, 0.15) is 17.2 Å². The summed E-state index contributed by atoms with van der Waals surface area (Å²) in [6, 6.07) is 13.5. The van der Waals surface area contributed by atoms with Crippen LogP contribution in [0.5, 0.6) is 17.2 Å². The minimum absolute atomic E-state index is 0.554. The number of thiocarbonyl (C=S) groups is 1. The Morgan fingerprint density at radius 3 is 2.00 bits per heavy atom. The molecule has 0 aliphatic heterocycles. The van der Waals surface area contributed by atoms with E-state index in [1.165, 1.54) is 5.56 Å². The molecule has 0 radical (unpaired) electrons. The molecule has 128 valence electrons. The highest BCUT2D eigenvalue weighted by Crippen LogP contribution is 2.25. The van der Waals surface area contributed by atoms with Gasteiger partial charge in [-0.05, 0) is 36.3 Å². The fourth-order valence-electron chi connectivity index (χ4n) is 2.17. The molecule has 0 saturated heterocycles. The Morgan fingerprint density at radius 1 is 0.875 bits per heavy atom. The first kappa shape index (κ1) is 17.9. The van der Waals surface area contributed by atoms with Gasteiger partial charge in [-0.15, -0.1) is 0 Å². The Hall–Kier alpha value is -2.47. The van der Waals surface area contributed by atoms with Gasteiger partial charge in [-0.25, -0.2) is 0 Å². The Morgan fingerprint density at radius 2 is 1.46 bits per heavy atom. The maximum absolute atomic E-state index is 5.33. The van der Waals surface area contributed by atoms with E-state index in [4.69, 9.17) is 26.4 Å². The van der Waals surface area contributed by atoms with Gasteiger partial charge in [-0.2, -0.15) is 0 Å². The molecule has 0 aliphatic carbocycles. The van der Waals surface area contributed by atoms with Gasteiger partial charge in [0.25, 0.3) is 0 Å². The van der Waals surface area contributed by atoms with E-state index < -0.39 is 0 Å². The van der Waals surface area contributed by atoms with Crippen molar-refractivity contribution in [2.24, 2.45) is 0 Å². The summed E-state index contributed by atoms with van der Waals surface area (Å²) in [6.45, 7) is 0.735. The summed E-state index contributed by atoms with van der Waals surface area (Å²) < 4.78 is 15.6. The summed E-state index contributed by atoms with van der Waals surface area (Å²) >= 11 is 5.33. The average molecular weight is 346 g/mol. The minimum Gasteiger partial charge on any atom is -0.497 e. The fourth-order valence-corrected chi connectivity index (χ4v) is 2.39. The third kappa shape index (κ3) is 5.31. The van der Waals surface area contributed by atoms with Gasteiger partial charge in [-0.3, -0.25) is 0 Å². The molecule has 2 N–H and O–H groups in total. The number of benzene rings is 2. The van der Waals surface area contributed by atoms with Gasteiger partial charge in [0, 0.05) is 30.4 Å².